The van der Waals surface area contributed by atoms with Gasteiger partial charge in [0.15, 0.2) is 5.75 Å². The Bertz CT molecular complexity index is 1420. The summed E-state index contributed by atoms with van der Waals surface area (Å²) in [4.78, 5) is 52.1. The SMILES string of the molecule is Cc1ccccc1N1C(=O)NC(=O)/C(=C/c2cc(Br)cc(Br)c2OC(=O)c2ccc(Br)cc2)C1=O. The number of barbiturate groups is 1. The third-order valence-electron chi connectivity index (χ3n) is 5.07. The molecule has 1 aliphatic heterocycles. The molecule has 35 heavy (non-hydrogen) atoms. The Balaban J connectivity index is 1.76. The van der Waals surface area contributed by atoms with E-state index in [1.165, 1.54) is 6.08 Å². The number of nitrogens with one attached hydrogen (secondary N) is 1. The number of rotatable bonds is 4. The summed E-state index contributed by atoms with van der Waals surface area (Å²) in [6, 6.07) is 15.9. The lowest BCUT2D eigenvalue weighted by molar-refractivity contribution is -0.122. The second kappa shape index (κ2) is 10.3. The first-order valence-corrected chi connectivity index (χ1v) is 12.5. The number of carbonyl (C=O) groups is 4. The van der Waals surface area contributed by atoms with E-state index in [1.807, 2.05) is 0 Å². The Morgan fingerprint density at radius 1 is 0.943 bits per heavy atom. The van der Waals surface area contributed by atoms with Gasteiger partial charge >= 0.3 is 12.0 Å². The van der Waals surface area contributed by atoms with Crippen LogP contribution in [0.25, 0.3) is 6.08 Å². The number of benzene rings is 3. The van der Waals surface area contributed by atoms with Gasteiger partial charge in [0.1, 0.15) is 5.57 Å². The second-order valence-electron chi connectivity index (χ2n) is 7.45. The molecule has 0 saturated carbocycles. The predicted octanol–water partition coefficient (Wildman–Crippen LogP) is 6.17. The number of nitrogens with zero attached hydrogens (tertiary/aromatic N) is 1. The summed E-state index contributed by atoms with van der Waals surface area (Å²) < 4.78 is 7.46. The maximum absolute atomic E-state index is 13.3. The molecule has 0 aromatic heterocycles. The molecule has 7 nitrogen and oxygen atoms in total. The fourth-order valence-corrected chi connectivity index (χ4v) is 4.98. The number of ether oxygens (including phenoxy) is 1. The minimum atomic E-state index is -0.855. The fourth-order valence-electron chi connectivity index (χ4n) is 3.38. The summed E-state index contributed by atoms with van der Waals surface area (Å²) in [5, 5.41) is 2.20. The van der Waals surface area contributed by atoms with Gasteiger partial charge in [-0.25, -0.2) is 14.5 Å². The number of esters is 1. The molecule has 0 unspecified atom stereocenters. The number of halogens is 3. The zero-order valence-electron chi connectivity index (χ0n) is 18.0. The number of imide groups is 2. The van der Waals surface area contributed by atoms with Crippen LogP contribution in [-0.2, 0) is 9.59 Å². The summed E-state index contributed by atoms with van der Waals surface area (Å²) in [5.41, 5.74) is 1.32. The van der Waals surface area contributed by atoms with E-state index >= 15 is 0 Å². The molecule has 0 atom stereocenters. The topological polar surface area (TPSA) is 92.8 Å². The minimum Gasteiger partial charge on any atom is -0.421 e. The van der Waals surface area contributed by atoms with Gasteiger partial charge in [-0.1, -0.05) is 50.1 Å². The van der Waals surface area contributed by atoms with Crippen LogP contribution in [0.5, 0.6) is 5.75 Å². The van der Waals surface area contributed by atoms with E-state index < -0.39 is 23.8 Å². The molecule has 0 bridgehead atoms. The van der Waals surface area contributed by atoms with Gasteiger partial charge < -0.3 is 4.74 Å². The molecular formula is C25H15Br3N2O5. The third kappa shape index (κ3) is 5.29. The maximum atomic E-state index is 13.3. The van der Waals surface area contributed by atoms with Crippen molar-refractivity contribution in [3.05, 3.63) is 96.3 Å². The second-order valence-corrected chi connectivity index (χ2v) is 10.1. The van der Waals surface area contributed by atoms with Gasteiger partial charge in [-0.05, 0) is 77.0 Å². The summed E-state index contributed by atoms with van der Waals surface area (Å²) in [7, 11) is 0. The zero-order chi connectivity index (χ0) is 25.3. The lowest BCUT2D eigenvalue weighted by atomic mass is 10.0. The van der Waals surface area contributed by atoms with Crippen molar-refractivity contribution in [3.8, 4) is 5.75 Å². The molecule has 1 aliphatic rings. The average molecular weight is 663 g/mol. The van der Waals surface area contributed by atoms with E-state index in [2.05, 4.69) is 53.1 Å². The highest BCUT2D eigenvalue weighted by atomic mass is 79.9. The lowest BCUT2D eigenvalue weighted by Crippen LogP contribution is -2.54. The average Bonchev–Trinajstić information content (AvgIpc) is 2.80. The van der Waals surface area contributed by atoms with E-state index in [9.17, 15) is 19.2 Å². The molecule has 1 N–H and O–H groups in total. The van der Waals surface area contributed by atoms with Gasteiger partial charge in [0.25, 0.3) is 11.8 Å². The standard InChI is InChI=1S/C25H15Br3N2O5/c1-13-4-2-3-5-20(13)30-23(32)18(22(31)29-25(30)34)11-15-10-17(27)12-19(28)21(15)35-24(33)14-6-8-16(26)9-7-14/h2-12H,1H3,(H,29,31,34)/b18-11-. The van der Waals surface area contributed by atoms with Crippen LogP contribution in [0.3, 0.4) is 0 Å². The Morgan fingerprint density at radius 3 is 2.31 bits per heavy atom. The monoisotopic (exact) mass is 660 g/mol. The van der Waals surface area contributed by atoms with Crippen molar-refractivity contribution in [1.82, 2.24) is 5.32 Å². The van der Waals surface area contributed by atoms with Crippen LogP contribution >= 0.6 is 47.8 Å². The molecule has 0 radical (unpaired) electrons. The molecule has 4 rings (SSSR count). The highest BCUT2D eigenvalue weighted by Crippen LogP contribution is 2.36. The number of anilines is 1. The number of aryl methyl sites for hydroxylation is 1. The fraction of sp³-hybridized carbons (Fsp3) is 0.0400. The maximum Gasteiger partial charge on any atom is 0.343 e. The molecule has 3 aromatic rings. The van der Waals surface area contributed by atoms with Crippen molar-refractivity contribution in [1.29, 1.82) is 0 Å². The first-order chi connectivity index (χ1) is 16.7. The van der Waals surface area contributed by atoms with Crippen molar-refractivity contribution in [2.45, 2.75) is 6.92 Å². The molecule has 10 heteroatoms. The highest BCUT2D eigenvalue weighted by molar-refractivity contribution is 9.11. The number of amides is 4. The van der Waals surface area contributed by atoms with E-state index in [1.54, 1.807) is 67.6 Å². The predicted molar refractivity (Wildman–Crippen MR) is 141 cm³/mol. The van der Waals surface area contributed by atoms with Crippen molar-refractivity contribution in [3.63, 3.8) is 0 Å². The van der Waals surface area contributed by atoms with Crippen molar-refractivity contribution < 1.29 is 23.9 Å². The first kappa shape index (κ1) is 25.0. The number of hydrogen-bond donors (Lipinski definition) is 1. The lowest BCUT2D eigenvalue weighted by Gasteiger charge is -2.27. The summed E-state index contributed by atoms with van der Waals surface area (Å²) in [6.07, 6.45) is 1.29. The van der Waals surface area contributed by atoms with E-state index in [-0.39, 0.29) is 16.9 Å². The van der Waals surface area contributed by atoms with Gasteiger partial charge in [-0.3, -0.25) is 14.9 Å². The largest absolute Gasteiger partial charge is 0.421 e. The van der Waals surface area contributed by atoms with Gasteiger partial charge in [0, 0.05) is 14.5 Å². The Labute approximate surface area is 225 Å². The molecule has 1 fully saturated rings. The van der Waals surface area contributed by atoms with Gasteiger partial charge in [0.05, 0.1) is 15.7 Å². The number of hydrogen-bond acceptors (Lipinski definition) is 5. The molecule has 3 aromatic carbocycles. The van der Waals surface area contributed by atoms with Crippen LogP contribution in [0.4, 0.5) is 10.5 Å². The van der Waals surface area contributed by atoms with Crippen LogP contribution in [0.15, 0.2) is 79.7 Å². The quantitative estimate of drug-likeness (QED) is 0.156. The van der Waals surface area contributed by atoms with Crippen LogP contribution in [-0.4, -0.2) is 23.8 Å². The third-order valence-corrected chi connectivity index (χ3v) is 6.65. The number of urea groups is 1. The number of carbonyl (C=O) groups excluding carboxylic acids is 4. The molecule has 1 saturated heterocycles. The molecular weight excluding hydrogens is 648 g/mol. The summed E-state index contributed by atoms with van der Waals surface area (Å²) in [5.74, 6) is -2.18. The van der Waals surface area contributed by atoms with Crippen molar-refractivity contribution in [2.24, 2.45) is 0 Å². The summed E-state index contributed by atoms with van der Waals surface area (Å²) in [6.45, 7) is 1.75. The minimum absolute atomic E-state index is 0.105. The van der Waals surface area contributed by atoms with E-state index in [0.29, 0.717) is 25.8 Å². The van der Waals surface area contributed by atoms with Gasteiger partial charge in [-0.2, -0.15) is 0 Å². The van der Waals surface area contributed by atoms with E-state index in [4.69, 9.17) is 4.74 Å². The van der Waals surface area contributed by atoms with Gasteiger partial charge in [0.2, 0.25) is 0 Å². The molecule has 4 amide bonds. The van der Waals surface area contributed by atoms with Crippen molar-refractivity contribution in [2.75, 3.05) is 4.90 Å². The zero-order valence-corrected chi connectivity index (χ0v) is 22.7. The van der Waals surface area contributed by atoms with Crippen LogP contribution < -0.4 is 15.0 Å². The Hall–Kier alpha value is -3.08. The molecule has 0 aliphatic carbocycles. The Morgan fingerprint density at radius 2 is 1.63 bits per heavy atom. The molecule has 0 spiro atoms. The summed E-state index contributed by atoms with van der Waals surface area (Å²) >= 11 is 10.1. The van der Waals surface area contributed by atoms with Gasteiger partial charge in [-0.15, -0.1) is 0 Å². The van der Waals surface area contributed by atoms with Crippen molar-refractivity contribution >= 4 is 83.4 Å². The Kier molecular flexibility index (Phi) is 7.34. The molecule has 176 valence electrons. The van der Waals surface area contributed by atoms with Crippen LogP contribution in [0.2, 0.25) is 0 Å². The highest BCUT2D eigenvalue weighted by Gasteiger charge is 2.37. The van der Waals surface area contributed by atoms with Crippen LogP contribution in [0.1, 0.15) is 21.5 Å². The smallest absolute Gasteiger partial charge is 0.343 e. The van der Waals surface area contributed by atoms with E-state index in [0.717, 1.165) is 9.37 Å². The first-order valence-electron chi connectivity index (χ1n) is 10.1. The normalized spacial score (nSPS) is 14.8. The number of para-hydroxylation sites is 1. The molecule has 1 heterocycles. The van der Waals surface area contributed by atoms with Crippen LogP contribution in [0, 0.1) is 6.92 Å².